The second kappa shape index (κ2) is 7.16. The Morgan fingerprint density at radius 2 is 1.65 bits per heavy atom. The van der Waals surface area contributed by atoms with Crippen molar-refractivity contribution >= 4 is 5.69 Å². The van der Waals surface area contributed by atoms with Crippen molar-refractivity contribution in [3.05, 3.63) is 29.8 Å². The Kier molecular flexibility index (Phi) is 5.43. The molecule has 1 aromatic carbocycles. The summed E-state index contributed by atoms with van der Waals surface area (Å²) in [5, 5.41) is 10.8. The predicted octanol–water partition coefficient (Wildman–Crippen LogP) is 4.91. The van der Waals surface area contributed by atoms with E-state index in [2.05, 4.69) is 49.9 Å². The van der Waals surface area contributed by atoms with Crippen LogP contribution in [0.4, 0.5) is 5.69 Å². The molecule has 0 atom stereocenters. The first-order chi connectivity index (χ1) is 12.1. The predicted molar refractivity (Wildman–Crippen MR) is 109 cm³/mol. The number of ether oxygens (including phenoxy) is 1. The second-order valence-corrected chi connectivity index (χ2v) is 10.1. The third-order valence-corrected chi connectivity index (χ3v) is 6.46. The Morgan fingerprint density at radius 3 is 2.19 bits per heavy atom. The van der Waals surface area contributed by atoms with Crippen molar-refractivity contribution in [1.29, 1.82) is 0 Å². The van der Waals surface area contributed by atoms with E-state index in [0.717, 1.165) is 38.8 Å². The van der Waals surface area contributed by atoms with Crippen LogP contribution in [0.25, 0.3) is 0 Å². The van der Waals surface area contributed by atoms with Crippen molar-refractivity contribution in [2.24, 2.45) is 5.41 Å². The van der Waals surface area contributed by atoms with E-state index in [9.17, 15) is 5.11 Å². The van der Waals surface area contributed by atoms with Crippen molar-refractivity contribution in [2.75, 3.05) is 24.6 Å². The van der Waals surface area contributed by atoms with Gasteiger partial charge in [0.1, 0.15) is 0 Å². The van der Waals surface area contributed by atoms with Crippen LogP contribution in [-0.2, 0) is 10.2 Å². The standard InChI is InChI=1S/C23H37NO2/c1-18(2)26-17-23(25)12-10-22(11-13-23)14-15-24(16-22)20-8-6-19(7-9-20)21(3,4)5/h6-9,18,25H,10-17H2,1-5H3/t22-,23+. The van der Waals surface area contributed by atoms with Crippen molar-refractivity contribution in [3.8, 4) is 0 Å². The minimum atomic E-state index is -0.614. The van der Waals surface area contributed by atoms with Gasteiger partial charge in [-0.3, -0.25) is 0 Å². The fourth-order valence-electron chi connectivity index (χ4n) is 4.45. The molecule has 146 valence electrons. The van der Waals surface area contributed by atoms with Gasteiger partial charge >= 0.3 is 0 Å². The van der Waals surface area contributed by atoms with E-state index in [4.69, 9.17) is 4.74 Å². The number of rotatable bonds is 4. The fourth-order valence-corrected chi connectivity index (χ4v) is 4.45. The van der Waals surface area contributed by atoms with E-state index in [1.807, 2.05) is 13.8 Å². The second-order valence-electron chi connectivity index (χ2n) is 10.1. The van der Waals surface area contributed by atoms with Gasteiger partial charge in [-0.05, 0) is 74.5 Å². The third kappa shape index (κ3) is 4.43. The number of aliphatic hydroxyl groups is 1. The van der Waals surface area contributed by atoms with Gasteiger partial charge in [-0.1, -0.05) is 32.9 Å². The zero-order valence-electron chi connectivity index (χ0n) is 17.3. The highest BCUT2D eigenvalue weighted by molar-refractivity contribution is 5.50. The molecule has 1 aromatic rings. The lowest BCUT2D eigenvalue weighted by Crippen LogP contribution is -2.44. The van der Waals surface area contributed by atoms with Gasteiger partial charge in [0.2, 0.25) is 0 Å². The molecule has 2 fully saturated rings. The molecule has 3 rings (SSSR count). The number of hydrogen-bond donors (Lipinski definition) is 1. The first-order valence-corrected chi connectivity index (χ1v) is 10.3. The molecule has 26 heavy (non-hydrogen) atoms. The number of anilines is 1. The zero-order valence-corrected chi connectivity index (χ0v) is 17.3. The van der Waals surface area contributed by atoms with Crippen molar-refractivity contribution < 1.29 is 9.84 Å². The molecule has 1 heterocycles. The highest BCUT2D eigenvalue weighted by atomic mass is 16.5. The molecule has 0 bridgehead atoms. The molecule has 3 heteroatoms. The van der Waals surface area contributed by atoms with Crippen molar-refractivity contribution in [1.82, 2.24) is 0 Å². The molecule has 1 aliphatic carbocycles. The lowest BCUT2D eigenvalue weighted by molar-refractivity contribution is -0.0993. The highest BCUT2D eigenvalue weighted by Crippen LogP contribution is 2.47. The smallest absolute Gasteiger partial charge is 0.0880 e. The average Bonchev–Trinajstić information content (AvgIpc) is 3.00. The number of nitrogens with zero attached hydrogens (tertiary/aromatic N) is 1. The van der Waals surface area contributed by atoms with Gasteiger partial charge < -0.3 is 14.7 Å². The van der Waals surface area contributed by atoms with Crippen LogP contribution in [-0.4, -0.2) is 36.5 Å². The topological polar surface area (TPSA) is 32.7 Å². The summed E-state index contributed by atoms with van der Waals surface area (Å²) in [7, 11) is 0. The quantitative estimate of drug-likeness (QED) is 0.829. The molecule has 1 saturated carbocycles. The molecule has 0 aromatic heterocycles. The SMILES string of the molecule is CC(C)OC[C@]1(O)CC[C@]2(CCN(c3ccc(C(C)(C)C)cc3)C2)CC1. The maximum atomic E-state index is 10.8. The minimum Gasteiger partial charge on any atom is -0.387 e. The van der Waals surface area contributed by atoms with Gasteiger partial charge in [-0.15, -0.1) is 0 Å². The monoisotopic (exact) mass is 359 g/mol. The van der Waals surface area contributed by atoms with Crippen LogP contribution in [0.2, 0.25) is 0 Å². The van der Waals surface area contributed by atoms with Gasteiger partial charge in [-0.2, -0.15) is 0 Å². The largest absolute Gasteiger partial charge is 0.387 e. The van der Waals surface area contributed by atoms with E-state index in [-0.39, 0.29) is 11.5 Å². The molecule has 1 N–H and O–H groups in total. The van der Waals surface area contributed by atoms with E-state index < -0.39 is 5.60 Å². The van der Waals surface area contributed by atoms with Crippen LogP contribution < -0.4 is 4.90 Å². The van der Waals surface area contributed by atoms with Crippen LogP contribution in [0.15, 0.2) is 24.3 Å². The van der Waals surface area contributed by atoms with Crippen molar-refractivity contribution in [3.63, 3.8) is 0 Å². The maximum Gasteiger partial charge on any atom is 0.0880 e. The normalized spacial score (nSPS) is 29.7. The van der Waals surface area contributed by atoms with Gasteiger partial charge in [0, 0.05) is 18.8 Å². The van der Waals surface area contributed by atoms with E-state index in [1.54, 1.807) is 0 Å². The summed E-state index contributed by atoms with van der Waals surface area (Å²) in [4.78, 5) is 2.54. The van der Waals surface area contributed by atoms with Gasteiger partial charge in [0.15, 0.2) is 0 Å². The van der Waals surface area contributed by atoms with E-state index >= 15 is 0 Å². The number of benzene rings is 1. The molecule has 0 radical (unpaired) electrons. The molecule has 3 nitrogen and oxygen atoms in total. The summed E-state index contributed by atoms with van der Waals surface area (Å²) in [6.07, 6.45) is 5.40. The lowest BCUT2D eigenvalue weighted by atomic mass is 9.68. The molecule has 1 aliphatic heterocycles. The summed E-state index contributed by atoms with van der Waals surface area (Å²) in [5.74, 6) is 0. The molecule has 1 saturated heterocycles. The Balaban J connectivity index is 1.59. The van der Waals surface area contributed by atoms with Gasteiger partial charge in [0.05, 0.1) is 18.3 Å². The molecule has 1 spiro atoms. The summed E-state index contributed by atoms with van der Waals surface area (Å²) in [5.41, 5.74) is 2.71. The maximum absolute atomic E-state index is 10.8. The first-order valence-electron chi connectivity index (χ1n) is 10.3. The van der Waals surface area contributed by atoms with Crippen LogP contribution in [0.1, 0.15) is 72.3 Å². The Bertz CT molecular complexity index is 592. The minimum absolute atomic E-state index is 0.188. The van der Waals surface area contributed by atoms with Crippen LogP contribution >= 0.6 is 0 Å². The van der Waals surface area contributed by atoms with Crippen LogP contribution in [0.3, 0.4) is 0 Å². The van der Waals surface area contributed by atoms with E-state index in [1.165, 1.54) is 17.7 Å². The zero-order chi connectivity index (χ0) is 19.0. The van der Waals surface area contributed by atoms with E-state index in [0.29, 0.717) is 12.0 Å². The fraction of sp³-hybridized carbons (Fsp3) is 0.739. The molecule has 2 aliphatic rings. The molecular formula is C23H37NO2. The highest BCUT2D eigenvalue weighted by Gasteiger charge is 2.45. The molecular weight excluding hydrogens is 322 g/mol. The summed E-state index contributed by atoms with van der Waals surface area (Å²) < 4.78 is 5.70. The molecule has 0 amide bonds. The summed E-state index contributed by atoms with van der Waals surface area (Å²) >= 11 is 0. The summed E-state index contributed by atoms with van der Waals surface area (Å²) in [6, 6.07) is 9.14. The van der Waals surface area contributed by atoms with Gasteiger partial charge in [-0.25, -0.2) is 0 Å². The van der Waals surface area contributed by atoms with Crippen molar-refractivity contribution in [2.45, 2.75) is 83.8 Å². The molecule has 0 unspecified atom stereocenters. The third-order valence-electron chi connectivity index (χ3n) is 6.46. The first kappa shape index (κ1) is 19.7. The van der Waals surface area contributed by atoms with Gasteiger partial charge in [0.25, 0.3) is 0 Å². The van der Waals surface area contributed by atoms with Crippen LogP contribution in [0, 0.1) is 5.41 Å². The Morgan fingerprint density at radius 1 is 1.04 bits per heavy atom. The summed E-state index contributed by atoms with van der Waals surface area (Å²) in [6.45, 7) is 13.6. The lowest BCUT2D eigenvalue weighted by Gasteiger charge is -2.42. The average molecular weight is 360 g/mol. The number of hydrogen-bond acceptors (Lipinski definition) is 3. The Hall–Kier alpha value is -1.06. The van der Waals surface area contributed by atoms with Crippen LogP contribution in [0.5, 0.6) is 0 Å². The Labute approximate surface area is 159 Å².